The van der Waals surface area contributed by atoms with Crippen LogP contribution in [0.4, 0.5) is 5.69 Å². The molecule has 0 fully saturated rings. The van der Waals surface area contributed by atoms with Gasteiger partial charge >= 0.3 is 0 Å². The lowest BCUT2D eigenvalue weighted by Gasteiger charge is -2.20. The second kappa shape index (κ2) is 5.38. The number of fused-ring (bicyclic) bond motifs is 1. The first kappa shape index (κ1) is 14.5. The Kier molecular flexibility index (Phi) is 3.54. The van der Waals surface area contributed by atoms with Crippen LogP contribution in [0, 0.1) is 6.92 Å². The molecule has 1 aromatic heterocycles. The molecule has 0 radical (unpaired) electrons. The number of aryl methyl sites for hydroxylation is 1. The van der Waals surface area contributed by atoms with Crippen molar-refractivity contribution in [3.05, 3.63) is 60.4 Å². The van der Waals surface area contributed by atoms with Gasteiger partial charge < -0.3 is 0 Å². The van der Waals surface area contributed by atoms with Gasteiger partial charge in [0, 0.05) is 19.4 Å². The smallest absolute Gasteiger partial charge is 0.264 e. The maximum Gasteiger partial charge on any atom is 0.264 e. The normalized spacial score (nSPS) is 11.5. The van der Waals surface area contributed by atoms with Gasteiger partial charge in [-0.05, 0) is 36.8 Å². The number of hydrogen-bond acceptors (Lipinski definition) is 4. The Morgan fingerprint density at radius 2 is 1.64 bits per heavy atom. The lowest BCUT2D eigenvalue weighted by molar-refractivity contribution is 0.594. The standard InChI is InChI=1S/C16H15N3O2S/c1-12-5-3-4-6-16(12)22(20,21)19(2)13-7-8-14-15(11-13)18-10-9-17-14/h3-11H,1-2H3. The third-order valence-electron chi connectivity index (χ3n) is 3.55. The first-order valence-corrected chi connectivity index (χ1v) is 8.19. The summed E-state index contributed by atoms with van der Waals surface area (Å²) in [6.07, 6.45) is 3.19. The predicted octanol–water partition coefficient (Wildman–Crippen LogP) is 2.76. The number of sulfonamides is 1. The fourth-order valence-electron chi connectivity index (χ4n) is 2.28. The van der Waals surface area contributed by atoms with Gasteiger partial charge in [0.25, 0.3) is 10.0 Å². The maximum atomic E-state index is 12.8. The summed E-state index contributed by atoms with van der Waals surface area (Å²) >= 11 is 0. The van der Waals surface area contributed by atoms with Crippen molar-refractivity contribution in [1.82, 2.24) is 9.97 Å². The summed E-state index contributed by atoms with van der Waals surface area (Å²) in [7, 11) is -2.07. The van der Waals surface area contributed by atoms with Crippen LogP contribution in [0.1, 0.15) is 5.56 Å². The van der Waals surface area contributed by atoms with Crippen LogP contribution in [0.15, 0.2) is 59.8 Å². The zero-order valence-corrected chi connectivity index (χ0v) is 13.1. The number of anilines is 1. The molecule has 0 N–H and O–H groups in total. The number of aromatic nitrogens is 2. The largest absolute Gasteiger partial charge is 0.269 e. The van der Waals surface area contributed by atoms with Crippen LogP contribution in [0.25, 0.3) is 11.0 Å². The van der Waals surface area contributed by atoms with E-state index in [-0.39, 0.29) is 0 Å². The van der Waals surface area contributed by atoms with E-state index in [9.17, 15) is 8.42 Å². The molecule has 0 amide bonds. The fraction of sp³-hybridized carbons (Fsp3) is 0.125. The van der Waals surface area contributed by atoms with Gasteiger partial charge in [-0.1, -0.05) is 18.2 Å². The van der Waals surface area contributed by atoms with Crippen molar-refractivity contribution < 1.29 is 8.42 Å². The number of hydrogen-bond donors (Lipinski definition) is 0. The van der Waals surface area contributed by atoms with Crippen LogP contribution >= 0.6 is 0 Å². The molecular formula is C16H15N3O2S. The summed E-state index contributed by atoms with van der Waals surface area (Å²) in [5.74, 6) is 0. The van der Waals surface area contributed by atoms with Crippen LogP contribution in [0.3, 0.4) is 0 Å². The molecule has 0 aliphatic rings. The van der Waals surface area contributed by atoms with E-state index in [2.05, 4.69) is 9.97 Å². The molecule has 0 saturated heterocycles. The molecule has 22 heavy (non-hydrogen) atoms. The van der Waals surface area contributed by atoms with Gasteiger partial charge in [0.2, 0.25) is 0 Å². The van der Waals surface area contributed by atoms with Crippen molar-refractivity contribution >= 4 is 26.7 Å². The van der Waals surface area contributed by atoms with Gasteiger partial charge in [-0.2, -0.15) is 0 Å². The minimum atomic E-state index is -3.61. The van der Waals surface area contributed by atoms with Crippen molar-refractivity contribution in [1.29, 1.82) is 0 Å². The van der Waals surface area contributed by atoms with Gasteiger partial charge in [-0.25, -0.2) is 8.42 Å². The van der Waals surface area contributed by atoms with E-state index in [4.69, 9.17) is 0 Å². The second-order valence-electron chi connectivity index (χ2n) is 4.97. The van der Waals surface area contributed by atoms with E-state index in [0.29, 0.717) is 16.1 Å². The van der Waals surface area contributed by atoms with Crippen molar-refractivity contribution in [2.24, 2.45) is 0 Å². The Balaban J connectivity index is 2.08. The summed E-state index contributed by atoms with van der Waals surface area (Å²) in [6.45, 7) is 1.78. The molecule has 3 rings (SSSR count). The summed E-state index contributed by atoms with van der Waals surface area (Å²) in [4.78, 5) is 8.70. The SMILES string of the molecule is Cc1ccccc1S(=O)(=O)N(C)c1ccc2nccnc2c1. The highest BCUT2D eigenvalue weighted by atomic mass is 32.2. The number of nitrogens with zero attached hydrogens (tertiary/aromatic N) is 3. The molecule has 3 aromatic rings. The lowest BCUT2D eigenvalue weighted by Crippen LogP contribution is -2.27. The van der Waals surface area contributed by atoms with Crippen molar-refractivity contribution in [2.45, 2.75) is 11.8 Å². The Labute approximate surface area is 129 Å². The quantitative estimate of drug-likeness (QED) is 0.746. The summed E-state index contributed by atoms with van der Waals surface area (Å²) in [6, 6.07) is 12.2. The average molecular weight is 313 g/mol. The number of rotatable bonds is 3. The van der Waals surface area contributed by atoms with Gasteiger partial charge in [0.05, 0.1) is 21.6 Å². The molecule has 0 aliphatic carbocycles. The van der Waals surface area contributed by atoms with Crippen LogP contribution < -0.4 is 4.31 Å². The molecule has 5 nitrogen and oxygen atoms in total. The molecule has 0 unspecified atom stereocenters. The van der Waals surface area contributed by atoms with Crippen LogP contribution in [0.2, 0.25) is 0 Å². The van der Waals surface area contributed by atoms with E-state index >= 15 is 0 Å². The highest BCUT2D eigenvalue weighted by Gasteiger charge is 2.23. The summed E-state index contributed by atoms with van der Waals surface area (Å²) in [5, 5.41) is 0. The predicted molar refractivity (Wildman–Crippen MR) is 86.3 cm³/mol. The highest BCUT2D eigenvalue weighted by Crippen LogP contribution is 2.25. The minimum absolute atomic E-state index is 0.303. The van der Waals surface area contributed by atoms with Crippen molar-refractivity contribution in [3.8, 4) is 0 Å². The minimum Gasteiger partial charge on any atom is -0.269 e. The van der Waals surface area contributed by atoms with Crippen molar-refractivity contribution in [3.63, 3.8) is 0 Å². The maximum absolute atomic E-state index is 12.8. The second-order valence-corrected chi connectivity index (χ2v) is 6.91. The van der Waals surface area contributed by atoms with Crippen molar-refractivity contribution in [2.75, 3.05) is 11.4 Å². The van der Waals surface area contributed by atoms with E-state index in [1.807, 2.05) is 6.07 Å². The van der Waals surface area contributed by atoms with E-state index in [1.54, 1.807) is 62.8 Å². The third-order valence-corrected chi connectivity index (χ3v) is 5.49. The molecule has 2 aromatic carbocycles. The first-order valence-electron chi connectivity index (χ1n) is 6.75. The Bertz CT molecular complexity index is 939. The summed E-state index contributed by atoms with van der Waals surface area (Å²) < 4.78 is 26.8. The van der Waals surface area contributed by atoms with Crippen LogP contribution in [0.5, 0.6) is 0 Å². The van der Waals surface area contributed by atoms with Crippen LogP contribution in [-0.2, 0) is 10.0 Å². The molecule has 0 atom stereocenters. The average Bonchev–Trinajstić information content (AvgIpc) is 2.54. The molecule has 0 bridgehead atoms. The molecule has 1 heterocycles. The first-order chi connectivity index (χ1) is 10.5. The zero-order valence-electron chi connectivity index (χ0n) is 12.3. The topological polar surface area (TPSA) is 63.2 Å². The van der Waals surface area contributed by atoms with Gasteiger partial charge in [0.15, 0.2) is 0 Å². The van der Waals surface area contributed by atoms with E-state index in [0.717, 1.165) is 11.1 Å². The third kappa shape index (κ3) is 2.42. The van der Waals surface area contributed by atoms with Gasteiger partial charge in [0.1, 0.15) is 0 Å². The number of benzene rings is 2. The van der Waals surface area contributed by atoms with Gasteiger partial charge in [-0.15, -0.1) is 0 Å². The molecule has 0 saturated carbocycles. The molecule has 0 aliphatic heterocycles. The van der Waals surface area contributed by atoms with Gasteiger partial charge in [-0.3, -0.25) is 14.3 Å². The molecule has 6 heteroatoms. The van der Waals surface area contributed by atoms with Crippen LogP contribution in [-0.4, -0.2) is 25.4 Å². The highest BCUT2D eigenvalue weighted by molar-refractivity contribution is 7.92. The van der Waals surface area contributed by atoms with E-state index in [1.165, 1.54) is 4.31 Å². The Morgan fingerprint density at radius 1 is 0.955 bits per heavy atom. The van der Waals surface area contributed by atoms with E-state index < -0.39 is 10.0 Å². The summed E-state index contributed by atoms with van der Waals surface area (Å²) in [5.41, 5.74) is 2.66. The monoisotopic (exact) mass is 313 g/mol. The molecule has 0 spiro atoms. The fourth-order valence-corrected chi connectivity index (χ4v) is 3.69. The lowest BCUT2D eigenvalue weighted by atomic mass is 10.2. The Hall–Kier alpha value is -2.47. The Morgan fingerprint density at radius 3 is 2.36 bits per heavy atom. The zero-order chi connectivity index (χ0) is 15.7. The molecule has 112 valence electrons. The molecular weight excluding hydrogens is 298 g/mol.